The quantitative estimate of drug-likeness (QED) is 0.321. The third-order valence-electron chi connectivity index (χ3n) is 6.78. The summed E-state index contributed by atoms with van der Waals surface area (Å²) < 4.78 is 2.25. The molecular weight excluding hydrogens is 600 g/mol. The number of hydrogen-bond acceptors (Lipinski definition) is 7. The molecule has 1 saturated heterocycles. The molecule has 2 aliphatic rings. The molecule has 2 aromatic heterocycles. The Hall–Kier alpha value is -3.54. The van der Waals surface area contributed by atoms with E-state index in [0.717, 1.165) is 26.9 Å². The standard InChI is InChI=1S/C28H21BrN4O4S2/c1-15-4-2-6-18(12-15)31-20(34)14-32-27-24(39-28(32)37)21(16-5-3-11-30-13-16)22-23(38-27)26(36)33(25(22)35)19-9-7-17(29)8-10-19/h2-13,21-23H,14H2,1H3,(H,31,34)/t21-,22-,23+/m0/s1. The first-order chi connectivity index (χ1) is 18.8. The zero-order chi connectivity index (χ0) is 27.3. The van der Waals surface area contributed by atoms with Crippen molar-refractivity contribution < 1.29 is 14.4 Å². The van der Waals surface area contributed by atoms with Crippen LogP contribution < -0.4 is 15.1 Å². The molecule has 39 heavy (non-hydrogen) atoms. The molecule has 6 rings (SSSR count). The topological polar surface area (TPSA) is 101 Å². The molecule has 1 N–H and O–H groups in total. The molecule has 11 heteroatoms. The molecule has 0 aliphatic carbocycles. The summed E-state index contributed by atoms with van der Waals surface area (Å²) in [4.78, 5) is 59.6. The van der Waals surface area contributed by atoms with Crippen molar-refractivity contribution >= 4 is 68.1 Å². The zero-order valence-electron chi connectivity index (χ0n) is 20.5. The second-order valence-electron chi connectivity index (χ2n) is 9.36. The van der Waals surface area contributed by atoms with Crippen LogP contribution in [0.3, 0.4) is 0 Å². The van der Waals surface area contributed by atoms with Crippen LogP contribution in [-0.4, -0.2) is 32.5 Å². The van der Waals surface area contributed by atoms with Gasteiger partial charge in [0.05, 0.1) is 16.6 Å². The summed E-state index contributed by atoms with van der Waals surface area (Å²) in [7, 11) is 0. The number of halogens is 1. The summed E-state index contributed by atoms with van der Waals surface area (Å²) in [5.74, 6) is -2.27. The number of anilines is 2. The van der Waals surface area contributed by atoms with Gasteiger partial charge in [-0.05, 0) is 60.5 Å². The molecule has 4 heterocycles. The first-order valence-corrected chi connectivity index (χ1v) is 14.6. The zero-order valence-corrected chi connectivity index (χ0v) is 23.8. The van der Waals surface area contributed by atoms with Crippen LogP contribution in [0.1, 0.15) is 21.9 Å². The van der Waals surface area contributed by atoms with Gasteiger partial charge in [0.15, 0.2) is 0 Å². The van der Waals surface area contributed by atoms with E-state index in [9.17, 15) is 19.2 Å². The number of carbonyl (C=O) groups is 3. The normalized spacial score (nSPS) is 20.1. The molecule has 0 radical (unpaired) electrons. The number of amides is 3. The summed E-state index contributed by atoms with van der Waals surface area (Å²) in [5.41, 5.74) is 2.87. The van der Waals surface area contributed by atoms with Crippen molar-refractivity contribution in [3.8, 4) is 0 Å². The number of rotatable bonds is 5. The number of imide groups is 1. The number of aromatic nitrogens is 2. The van der Waals surface area contributed by atoms with Gasteiger partial charge in [0, 0.05) is 33.3 Å². The molecule has 3 atom stereocenters. The van der Waals surface area contributed by atoms with Crippen LogP contribution >= 0.6 is 39.0 Å². The second-order valence-corrected chi connectivity index (χ2v) is 12.4. The summed E-state index contributed by atoms with van der Waals surface area (Å²) in [6.07, 6.45) is 3.30. The SMILES string of the molecule is Cc1cccc(NC(=O)Cn2c3c(sc2=O)[C@@H](c2cccnc2)[C@@H]2C(=O)N(c4ccc(Br)cc4)C(=O)[C@@H]2S3)c1. The Bertz CT molecular complexity index is 1670. The first-order valence-electron chi connectivity index (χ1n) is 12.1. The van der Waals surface area contributed by atoms with Crippen LogP contribution in [0.5, 0.6) is 0 Å². The third kappa shape index (κ3) is 4.64. The predicted molar refractivity (Wildman–Crippen MR) is 154 cm³/mol. The number of nitrogens with zero attached hydrogens (tertiary/aromatic N) is 3. The van der Waals surface area contributed by atoms with E-state index < -0.39 is 17.1 Å². The summed E-state index contributed by atoms with van der Waals surface area (Å²) in [5, 5.41) is 2.64. The second kappa shape index (κ2) is 10.2. The summed E-state index contributed by atoms with van der Waals surface area (Å²) in [6, 6.07) is 18.0. The van der Waals surface area contributed by atoms with E-state index in [-0.39, 0.29) is 29.1 Å². The van der Waals surface area contributed by atoms with E-state index in [2.05, 4.69) is 26.2 Å². The average Bonchev–Trinajstić information content (AvgIpc) is 3.36. The Morgan fingerprint density at radius 3 is 2.56 bits per heavy atom. The van der Waals surface area contributed by atoms with Crippen LogP contribution in [0, 0.1) is 12.8 Å². The van der Waals surface area contributed by atoms with Gasteiger partial charge in [-0.15, -0.1) is 0 Å². The largest absolute Gasteiger partial charge is 0.325 e. The fourth-order valence-electron chi connectivity index (χ4n) is 5.09. The van der Waals surface area contributed by atoms with E-state index in [1.165, 1.54) is 21.2 Å². The van der Waals surface area contributed by atoms with Gasteiger partial charge in [0.2, 0.25) is 17.7 Å². The van der Waals surface area contributed by atoms with E-state index in [0.29, 0.717) is 21.3 Å². The van der Waals surface area contributed by atoms with Gasteiger partial charge in [-0.2, -0.15) is 0 Å². The minimum Gasteiger partial charge on any atom is -0.325 e. The van der Waals surface area contributed by atoms with Crippen molar-refractivity contribution in [2.24, 2.45) is 5.92 Å². The van der Waals surface area contributed by atoms with Crippen molar-refractivity contribution in [2.45, 2.75) is 29.7 Å². The molecule has 0 spiro atoms. The number of aryl methyl sites for hydroxylation is 1. The van der Waals surface area contributed by atoms with Gasteiger partial charge in [-0.3, -0.25) is 28.7 Å². The van der Waals surface area contributed by atoms with E-state index in [4.69, 9.17) is 0 Å². The van der Waals surface area contributed by atoms with Gasteiger partial charge in [-0.25, -0.2) is 4.90 Å². The lowest BCUT2D eigenvalue weighted by atomic mass is 9.84. The lowest BCUT2D eigenvalue weighted by molar-refractivity contribution is -0.122. The van der Waals surface area contributed by atoms with E-state index in [1.54, 1.807) is 48.8 Å². The van der Waals surface area contributed by atoms with Crippen molar-refractivity contribution in [3.63, 3.8) is 0 Å². The van der Waals surface area contributed by atoms with Crippen molar-refractivity contribution in [1.82, 2.24) is 9.55 Å². The predicted octanol–water partition coefficient (Wildman–Crippen LogP) is 4.81. The molecule has 0 saturated carbocycles. The van der Waals surface area contributed by atoms with Gasteiger partial charge >= 0.3 is 4.87 Å². The molecule has 196 valence electrons. The molecule has 8 nitrogen and oxygen atoms in total. The van der Waals surface area contributed by atoms with Crippen LogP contribution in [0.25, 0.3) is 0 Å². The first kappa shape index (κ1) is 25.7. The molecule has 4 aromatic rings. The summed E-state index contributed by atoms with van der Waals surface area (Å²) in [6.45, 7) is 1.72. The highest BCUT2D eigenvalue weighted by Gasteiger charge is 2.56. The lowest BCUT2D eigenvalue weighted by Gasteiger charge is -2.30. The molecule has 0 unspecified atom stereocenters. The van der Waals surface area contributed by atoms with Crippen LogP contribution in [0.4, 0.5) is 11.4 Å². The van der Waals surface area contributed by atoms with Crippen LogP contribution in [-0.2, 0) is 20.9 Å². The smallest absolute Gasteiger partial charge is 0.308 e. The van der Waals surface area contributed by atoms with Crippen LogP contribution in [0.15, 0.2) is 87.4 Å². The molecule has 2 aromatic carbocycles. The number of thioether (sulfide) groups is 1. The molecule has 1 fully saturated rings. The number of fused-ring (bicyclic) bond motifs is 2. The van der Waals surface area contributed by atoms with E-state index >= 15 is 0 Å². The van der Waals surface area contributed by atoms with Crippen molar-refractivity contribution in [3.05, 3.63) is 103 Å². The Balaban J connectivity index is 1.40. The highest BCUT2D eigenvalue weighted by atomic mass is 79.9. The lowest BCUT2D eigenvalue weighted by Crippen LogP contribution is -2.33. The number of hydrogen-bond donors (Lipinski definition) is 1. The van der Waals surface area contributed by atoms with Crippen molar-refractivity contribution in [1.29, 1.82) is 0 Å². The van der Waals surface area contributed by atoms with Gasteiger partial charge in [-0.1, -0.05) is 57.2 Å². The highest BCUT2D eigenvalue weighted by Crippen LogP contribution is 2.53. The monoisotopic (exact) mass is 620 g/mol. The van der Waals surface area contributed by atoms with E-state index in [1.807, 2.05) is 31.2 Å². The maximum atomic E-state index is 13.8. The Morgan fingerprint density at radius 2 is 1.85 bits per heavy atom. The Morgan fingerprint density at radius 1 is 1.05 bits per heavy atom. The third-order valence-corrected chi connectivity index (χ3v) is 9.91. The summed E-state index contributed by atoms with van der Waals surface area (Å²) >= 11 is 5.60. The fraction of sp³-hybridized carbons (Fsp3) is 0.179. The minimum atomic E-state index is -0.751. The minimum absolute atomic E-state index is 0.207. The Kier molecular flexibility index (Phi) is 6.74. The van der Waals surface area contributed by atoms with Gasteiger partial charge < -0.3 is 5.32 Å². The number of thiazole rings is 1. The number of nitrogens with one attached hydrogen (secondary N) is 1. The maximum Gasteiger partial charge on any atom is 0.308 e. The number of pyridine rings is 1. The fourth-order valence-corrected chi connectivity index (χ4v) is 8.12. The van der Waals surface area contributed by atoms with Crippen LogP contribution in [0.2, 0.25) is 0 Å². The number of carbonyl (C=O) groups excluding carboxylic acids is 3. The molecule has 0 bridgehead atoms. The average molecular weight is 622 g/mol. The maximum absolute atomic E-state index is 13.8. The van der Waals surface area contributed by atoms with Crippen molar-refractivity contribution in [2.75, 3.05) is 10.2 Å². The number of benzene rings is 2. The van der Waals surface area contributed by atoms with Gasteiger partial charge in [0.25, 0.3) is 0 Å². The molecule has 2 aliphatic heterocycles. The van der Waals surface area contributed by atoms with Gasteiger partial charge in [0.1, 0.15) is 11.8 Å². The molecular formula is C28H21BrN4O4S2. The molecule has 3 amide bonds. The highest BCUT2D eigenvalue weighted by molar-refractivity contribution is 9.10. The Labute approximate surface area is 240 Å².